The number of carbonyl (C=O) groups is 2. The molecule has 6 nitrogen and oxygen atoms in total. The molecular weight excluding hydrogens is 472 g/mol. The lowest BCUT2D eigenvalue weighted by Crippen LogP contribution is -2.61. The van der Waals surface area contributed by atoms with Gasteiger partial charge in [0, 0.05) is 17.2 Å². The molecule has 4 aliphatic rings. The van der Waals surface area contributed by atoms with Crippen LogP contribution in [0.3, 0.4) is 0 Å². The van der Waals surface area contributed by atoms with Crippen molar-refractivity contribution in [3.05, 3.63) is 42.2 Å². The zero-order chi connectivity index (χ0) is 25.3. The molecule has 1 aromatic carbocycles. The second-order valence-corrected chi connectivity index (χ2v) is 12.8. The fourth-order valence-electron chi connectivity index (χ4n) is 8.50. The Morgan fingerprint density at radius 3 is 2.78 bits per heavy atom. The van der Waals surface area contributed by atoms with Gasteiger partial charge in [-0.3, -0.25) is 9.59 Å². The molecule has 0 radical (unpaired) electrons. The normalized spacial score (nSPS) is 39.8. The number of aromatic nitrogens is 2. The number of rotatable bonds is 4. The van der Waals surface area contributed by atoms with Crippen LogP contribution in [0.1, 0.15) is 58.8 Å². The number of para-hydroxylation sites is 1. The summed E-state index contributed by atoms with van der Waals surface area (Å²) >= 11 is 1.36. The van der Waals surface area contributed by atoms with Crippen molar-refractivity contribution in [1.29, 1.82) is 0 Å². The molecule has 190 valence electrons. The Labute approximate surface area is 216 Å². The molecule has 0 amide bonds. The Morgan fingerprint density at radius 1 is 1.14 bits per heavy atom. The smallest absolute Gasteiger partial charge is 0.175 e. The number of hydrogen-bond donors (Lipinski definition) is 2. The van der Waals surface area contributed by atoms with Crippen LogP contribution in [0.15, 0.2) is 47.3 Å². The molecule has 0 bridgehead atoms. The van der Waals surface area contributed by atoms with Crippen LogP contribution in [-0.2, 0) is 9.59 Å². The Kier molecular flexibility index (Phi) is 5.71. The molecule has 6 unspecified atom stereocenters. The Morgan fingerprint density at radius 2 is 1.94 bits per heavy atom. The summed E-state index contributed by atoms with van der Waals surface area (Å²) in [6, 6.07) is 7.73. The Hall–Kier alpha value is -2.09. The van der Waals surface area contributed by atoms with E-state index in [2.05, 4.69) is 16.9 Å². The quantitative estimate of drug-likeness (QED) is 0.464. The van der Waals surface area contributed by atoms with Gasteiger partial charge < -0.3 is 10.2 Å². The van der Waals surface area contributed by atoms with Gasteiger partial charge >= 0.3 is 0 Å². The molecule has 1 heterocycles. The highest BCUT2D eigenvalue weighted by molar-refractivity contribution is 8.00. The van der Waals surface area contributed by atoms with Crippen LogP contribution < -0.4 is 0 Å². The minimum Gasteiger partial charge on any atom is -0.393 e. The highest BCUT2D eigenvalue weighted by atomic mass is 32.2. The number of aliphatic hydroxyl groups excluding tert-OH is 1. The predicted octanol–water partition coefficient (Wildman–Crippen LogP) is 4.52. The highest BCUT2D eigenvalue weighted by Gasteiger charge is 2.68. The highest BCUT2D eigenvalue weighted by Crippen LogP contribution is 2.67. The van der Waals surface area contributed by atoms with Crippen molar-refractivity contribution in [2.45, 2.75) is 75.5 Å². The molecule has 2 aromatic rings. The van der Waals surface area contributed by atoms with Crippen molar-refractivity contribution < 1.29 is 19.8 Å². The summed E-state index contributed by atoms with van der Waals surface area (Å²) in [6.45, 7) is 4.26. The van der Waals surface area contributed by atoms with Crippen molar-refractivity contribution in [3.8, 4) is 0 Å². The van der Waals surface area contributed by atoms with E-state index in [0.717, 1.165) is 41.6 Å². The second-order valence-electron chi connectivity index (χ2n) is 11.9. The van der Waals surface area contributed by atoms with Gasteiger partial charge in [0.05, 0.1) is 17.4 Å². The number of fused-ring (bicyclic) bond motifs is 6. The van der Waals surface area contributed by atoms with Crippen LogP contribution in [0.5, 0.6) is 0 Å². The molecule has 1 aromatic heterocycles. The monoisotopic (exact) mass is 506 g/mol. The predicted molar refractivity (Wildman–Crippen MR) is 138 cm³/mol. The molecule has 0 aliphatic heterocycles. The number of allylic oxidation sites excluding steroid dienone is 1. The third kappa shape index (κ3) is 3.38. The molecule has 3 fully saturated rings. The number of benzene rings is 1. The van der Waals surface area contributed by atoms with Crippen LogP contribution in [0.4, 0.5) is 0 Å². The van der Waals surface area contributed by atoms with E-state index in [9.17, 15) is 19.8 Å². The zero-order valence-electron chi connectivity index (χ0n) is 20.9. The lowest BCUT2D eigenvalue weighted by molar-refractivity contribution is -0.178. The topological polar surface area (TPSA) is 100 Å². The van der Waals surface area contributed by atoms with E-state index >= 15 is 0 Å². The number of aliphatic hydroxyl groups is 2. The summed E-state index contributed by atoms with van der Waals surface area (Å²) in [5.74, 6) is 0.664. The summed E-state index contributed by atoms with van der Waals surface area (Å²) in [4.78, 5) is 34.5. The average molecular weight is 507 g/mol. The fraction of sp³-hybridized carbons (Fsp3) is 0.586. The molecule has 0 saturated heterocycles. The first kappa shape index (κ1) is 24.3. The van der Waals surface area contributed by atoms with Crippen LogP contribution in [0.2, 0.25) is 0 Å². The van der Waals surface area contributed by atoms with E-state index in [1.807, 2.05) is 37.3 Å². The lowest BCUT2D eigenvalue weighted by atomic mass is 9.45. The van der Waals surface area contributed by atoms with Crippen molar-refractivity contribution in [1.82, 2.24) is 9.97 Å². The maximum atomic E-state index is 13.7. The van der Waals surface area contributed by atoms with Crippen molar-refractivity contribution >= 4 is 34.2 Å². The summed E-state index contributed by atoms with van der Waals surface area (Å²) in [6.07, 6.45) is 7.49. The van der Waals surface area contributed by atoms with Gasteiger partial charge in [0.15, 0.2) is 11.6 Å². The maximum Gasteiger partial charge on any atom is 0.175 e. The molecule has 36 heavy (non-hydrogen) atoms. The molecular formula is C29H34N2O4S. The first-order valence-corrected chi connectivity index (χ1v) is 14.2. The standard InChI is InChI=1S/C29H34N2O4S/c1-27-11-9-18(32)13-17(27)7-8-19-21-10-12-29(35,28(21,2)14-23(33)25(19)27)24(34)15-36-26-20-5-3-4-6-22(20)30-16-31-26/h3-6,13,16,19,21,23,25,33,35H,7-12,14-15H2,1-2H3/t19?,21?,23?,25?,27?,28?,29-/m0/s1. The summed E-state index contributed by atoms with van der Waals surface area (Å²) in [7, 11) is 0. The number of nitrogens with zero attached hydrogens (tertiary/aromatic N) is 2. The van der Waals surface area contributed by atoms with E-state index < -0.39 is 17.1 Å². The lowest BCUT2D eigenvalue weighted by Gasteiger charge is -2.60. The Bertz CT molecular complexity index is 1270. The third-order valence-corrected chi connectivity index (χ3v) is 11.4. The van der Waals surface area contributed by atoms with Crippen molar-refractivity contribution in [2.24, 2.45) is 28.6 Å². The second kappa shape index (κ2) is 8.47. The number of Topliss-reactive ketones (excluding diaryl/α,β-unsaturated/α-hetero) is 1. The minimum absolute atomic E-state index is 0.0721. The van der Waals surface area contributed by atoms with Gasteiger partial charge in [-0.25, -0.2) is 9.97 Å². The molecule has 3 saturated carbocycles. The first-order valence-electron chi connectivity index (χ1n) is 13.2. The molecule has 2 N–H and O–H groups in total. The van der Waals surface area contributed by atoms with Gasteiger partial charge in [0.25, 0.3) is 0 Å². The molecule has 4 aliphatic carbocycles. The van der Waals surface area contributed by atoms with Crippen LogP contribution in [0, 0.1) is 28.6 Å². The fourth-order valence-corrected chi connectivity index (χ4v) is 9.46. The summed E-state index contributed by atoms with van der Waals surface area (Å²) < 4.78 is 0. The van der Waals surface area contributed by atoms with E-state index in [-0.39, 0.29) is 40.5 Å². The van der Waals surface area contributed by atoms with Crippen molar-refractivity contribution in [3.63, 3.8) is 0 Å². The summed E-state index contributed by atoms with van der Waals surface area (Å²) in [5.41, 5.74) is -0.272. The molecule has 7 atom stereocenters. The average Bonchev–Trinajstić information content (AvgIpc) is 3.13. The van der Waals surface area contributed by atoms with E-state index in [1.54, 1.807) is 0 Å². The number of thioether (sulfide) groups is 1. The van der Waals surface area contributed by atoms with Gasteiger partial charge in [0.1, 0.15) is 17.0 Å². The molecule has 0 spiro atoms. The zero-order valence-corrected chi connectivity index (χ0v) is 21.8. The van der Waals surface area contributed by atoms with Crippen LogP contribution in [0.25, 0.3) is 10.9 Å². The molecule has 7 heteroatoms. The van der Waals surface area contributed by atoms with E-state index in [1.165, 1.54) is 23.7 Å². The van der Waals surface area contributed by atoms with Gasteiger partial charge in [-0.15, -0.1) is 0 Å². The number of carbonyl (C=O) groups excluding carboxylic acids is 2. The van der Waals surface area contributed by atoms with Crippen LogP contribution in [-0.4, -0.2) is 49.2 Å². The van der Waals surface area contributed by atoms with E-state index in [4.69, 9.17) is 0 Å². The minimum atomic E-state index is -1.46. The van der Waals surface area contributed by atoms with E-state index in [0.29, 0.717) is 19.3 Å². The maximum absolute atomic E-state index is 13.7. The number of hydrogen-bond acceptors (Lipinski definition) is 7. The Balaban J connectivity index is 1.26. The largest absolute Gasteiger partial charge is 0.393 e. The van der Waals surface area contributed by atoms with Gasteiger partial charge in [-0.05, 0) is 73.8 Å². The van der Waals surface area contributed by atoms with Crippen molar-refractivity contribution in [2.75, 3.05) is 5.75 Å². The summed E-state index contributed by atoms with van der Waals surface area (Å²) in [5, 5.41) is 25.2. The van der Waals surface area contributed by atoms with Crippen LogP contribution >= 0.6 is 11.8 Å². The SMILES string of the molecule is CC12CCC(=O)C=C1CCC1C2C(O)CC2(C)C1CC[C@]2(O)C(=O)CSc1ncnc2ccccc12. The first-order chi connectivity index (χ1) is 17.2. The third-order valence-electron chi connectivity index (χ3n) is 10.4. The van der Waals surface area contributed by atoms with Gasteiger partial charge in [0.2, 0.25) is 0 Å². The number of ketones is 2. The van der Waals surface area contributed by atoms with Gasteiger partial charge in [-0.1, -0.05) is 49.4 Å². The molecule has 6 rings (SSSR count). The van der Waals surface area contributed by atoms with Gasteiger partial charge in [-0.2, -0.15) is 0 Å².